The Bertz CT molecular complexity index is 2010. The Hall–Kier alpha value is -5.01. The second-order valence-corrected chi connectivity index (χ2v) is 11.5. The summed E-state index contributed by atoms with van der Waals surface area (Å²) in [4.78, 5) is 53.8. The van der Waals surface area contributed by atoms with Gasteiger partial charge in [-0.15, -0.1) is 0 Å². The average Bonchev–Trinajstić information content (AvgIpc) is 3.66. The number of aromatic nitrogens is 3. The minimum atomic E-state index is -0.778. The van der Waals surface area contributed by atoms with Gasteiger partial charge in [-0.1, -0.05) is 35.9 Å². The van der Waals surface area contributed by atoms with E-state index in [-0.39, 0.29) is 57.0 Å². The third-order valence-electron chi connectivity index (χ3n) is 8.13. The van der Waals surface area contributed by atoms with Gasteiger partial charge in [0.05, 0.1) is 35.1 Å². The van der Waals surface area contributed by atoms with E-state index in [4.69, 9.17) is 21.1 Å². The molecule has 2 aromatic carbocycles. The lowest BCUT2D eigenvalue weighted by Gasteiger charge is -2.17. The maximum atomic E-state index is 16.3. The van der Waals surface area contributed by atoms with E-state index < -0.39 is 23.0 Å². The number of benzene rings is 2. The number of fused-ring (bicyclic) bond motifs is 1. The molecule has 0 saturated carbocycles. The normalized spacial score (nSPS) is 16.9. The number of anilines is 1. The number of amides is 2. The second-order valence-electron chi connectivity index (χ2n) is 11.1. The number of pyridine rings is 1. The van der Waals surface area contributed by atoms with Crippen LogP contribution in [0.25, 0.3) is 22.4 Å². The number of hydrogen-bond acceptors (Lipinski definition) is 8. The quantitative estimate of drug-likeness (QED) is 0.264. The molecule has 4 heterocycles. The number of carbonyl (C=O) groups is 2. The molecule has 1 fully saturated rings. The number of ether oxygens (including phenoxy) is 2. The molecule has 0 bridgehead atoms. The summed E-state index contributed by atoms with van der Waals surface area (Å²) < 4.78 is 29.8. The van der Waals surface area contributed by atoms with Crippen molar-refractivity contribution in [3.8, 4) is 34.0 Å². The molecule has 2 unspecified atom stereocenters. The molecule has 0 spiro atoms. The van der Waals surface area contributed by atoms with Gasteiger partial charge in [0.25, 0.3) is 11.5 Å². The number of carbonyl (C=O) groups excluding carboxylic acids is 2. The third-order valence-corrected chi connectivity index (χ3v) is 8.54. The predicted octanol–water partition coefficient (Wildman–Crippen LogP) is 3.17. The van der Waals surface area contributed by atoms with Crippen LogP contribution in [-0.2, 0) is 18.9 Å². The fourth-order valence-corrected chi connectivity index (χ4v) is 5.98. The van der Waals surface area contributed by atoms with Gasteiger partial charge in [0.15, 0.2) is 0 Å². The minimum Gasteiger partial charge on any atom is -0.491 e. The molecule has 3 N–H and O–H groups in total. The zero-order valence-corrected chi connectivity index (χ0v) is 25.9. The van der Waals surface area contributed by atoms with Crippen molar-refractivity contribution < 1.29 is 23.5 Å². The Kier molecular flexibility index (Phi) is 8.36. The number of nitrogens with one attached hydrogen (secondary N) is 3. The number of aryl methyl sites for hydroxylation is 1. The molecule has 46 heavy (non-hydrogen) atoms. The highest BCUT2D eigenvalue weighted by Crippen LogP contribution is 2.43. The van der Waals surface area contributed by atoms with E-state index in [1.165, 1.54) is 27.3 Å². The van der Waals surface area contributed by atoms with Crippen molar-refractivity contribution in [1.29, 1.82) is 0 Å². The zero-order valence-electron chi connectivity index (χ0n) is 25.1. The first-order valence-electron chi connectivity index (χ1n) is 14.5. The van der Waals surface area contributed by atoms with E-state index in [1.54, 1.807) is 36.4 Å². The topological polar surface area (TPSA) is 146 Å². The van der Waals surface area contributed by atoms with Gasteiger partial charge in [0.2, 0.25) is 11.8 Å². The Labute approximate surface area is 267 Å². The van der Waals surface area contributed by atoms with Gasteiger partial charge >= 0.3 is 5.69 Å². The molecule has 238 valence electrons. The van der Waals surface area contributed by atoms with E-state index >= 15 is 4.39 Å². The lowest BCUT2D eigenvalue weighted by atomic mass is 9.99. The van der Waals surface area contributed by atoms with Crippen LogP contribution in [0.5, 0.6) is 11.6 Å². The van der Waals surface area contributed by atoms with Gasteiger partial charge in [-0.2, -0.15) is 0 Å². The Morgan fingerprint density at radius 2 is 1.89 bits per heavy atom. The van der Waals surface area contributed by atoms with Crippen LogP contribution < -0.4 is 36.7 Å². The summed E-state index contributed by atoms with van der Waals surface area (Å²) in [6, 6.07) is 11.0. The lowest BCUT2D eigenvalue weighted by Crippen LogP contribution is -2.40. The monoisotopic (exact) mass is 648 g/mol. The van der Waals surface area contributed by atoms with Crippen molar-refractivity contribution in [2.45, 2.75) is 24.9 Å². The molecular formula is C32H30ClFN6O6. The van der Waals surface area contributed by atoms with Crippen LogP contribution in [0.2, 0.25) is 5.02 Å². The minimum absolute atomic E-state index is 0.0335. The van der Waals surface area contributed by atoms with Crippen LogP contribution in [0, 0.1) is 5.82 Å². The largest absolute Gasteiger partial charge is 0.491 e. The summed E-state index contributed by atoms with van der Waals surface area (Å²) in [6.45, 7) is 0.877. The molecule has 0 radical (unpaired) electrons. The van der Waals surface area contributed by atoms with Crippen LogP contribution in [-0.4, -0.2) is 52.2 Å². The summed E-state index contributed by atoms with van der Waals surface area (Å²) >= 11 is 6.69. The highest BCUT2D eigenvalue weighted by molar-refractivity contribution is 6.36. The first-order chi connectivity index (χ1) is 22.1. The van der Waals surface area contributed by atoms with E-state index in [0.717, 1.165) is 21.8 Å². The van der Waals surface area contributed by atoms with Gasteiger partial charge in [0.1, 0.15) is 23.7 Å². The molecule has 2 amide bonds. The fraction of sp³-hybridized carbons (Fsp3) is 0.281. The highest BCUT2D eigenvalue weighted by atomic mass is 35.5. The molecule has 2 atom stereocenters. The first kappa shape index (κ1) is 31.0. The molecule has 1 saturated heterocycles. The van der Waals surface area contributed by atoms with Crippen molar-refractivity contribution in [2.75, 3.05) is 25.6 Å². The van der Waals surface area contributed by atoms with Crippen LogP contribution in [0.3, 0.4) is 0 Å². The van der Waals surface area contributed by atoms with Crippen molar-refractivity contribution in [1.82, 2.24) is 24.8 Å². The summed E-state index contributed by atoms with van der Waals surface area (Å²) in [6.07, 6.45) is 2.41. The van der Waals surface area contributed by atoms with Gasteiger partial charge in [0, 0.05) is 62.1 Å². The van der Waals surface area contributed by atoms with Crippen LogP contribution in [0.1, 0.15) is 34.8 Å². The summed E-state index contributed by atoms with van der Waals surface area (Å²) in [5, 5.41) is 8.99. The summed E-state index contributed by atoms with van der Waals surface area (Å²) in [7, 11) is 4.18. The van der Waals surface area contributed by atoms with E-state index in [2.05, 4.69) is 20.9 Å². The van der Waals surface area contributed by atoms with Gasteiger partial charge in [-0.05, 0) is 18.6 Å². The molecule has 14 heteroatoms. The standard InChI is InChI=1S/C32H30ClFN6O6/c1-39-14-20(31(43)40(2)32(39)44)29(42)37-21-9-5-6-17(27(21)33)18-7-4-8-19(28(18)34)22-12-24-26(30(38-22)45-3)23(15-46-24)35-13-16-10-11-25(41)36-16/h4-9,12,14,16,23,35H,10-11,13,15H2,1-3H3,(H,36,41)(H,37,42). The predicted molar refractivity (Wildman–Crippen MR) is 169 cm³/mol. The summed E-state index contributed by atoms with van der Waals surface area (Å²) in [5.41, 5.74) is 0.149. The Morgan fingerprint density at radius 3 is 2.63 bits per heavy atom. The van der Waals surface area contributed by atoms with Crippen molar-refractivity contribution in [3.63, 3.8) is 0 Å². The molecule has 2 aliphatic rings. The second kappa shape index (κ2) is 12.4. The van der Waals surface area contributed by atoms with Crippen LogP contribution in [0.15, 0.2) is 58.3 Å². The molecular weight excluding hydrogens is 619 g/mol. The number of hydrogen-bond donors (Lipinski definition) is 3. The number of methoxy groups -OCH3 is 1. The maximum absolute atomic E-state index is 16.3. The van der Waals surface area contributed by atoms with Crippen LogP contribution >= 0.6 is 11.6 Å². The smallest absolute Gasteiger partial charge is 0.330 e. The average molecular weight is 649 g/mol. The lowest BCUT2D eigenvalue weighted by molar-refractivity contribution is -0.119. The molecule has 0 aliphatic carbocycles. The Balaban J connectivity index is 1.29. The van der Waals surface area contributed by atoms with E-state index in [0.29, 0.717) is 36.4 Å². The van der Waals surface area contributed by atoms with Crippen molar-refractivity contribution in [2.24, 2.45) is 14.1 Å². The number of nitrogens with zero attached hydrogens (tertiary/aromatic N) is 3. The van der Waals surface area contributed by atoms with Crippen molar-refractivity contribution >= 4 is 29.1 Å². The Morgan fingerprint density at radius 1 is 1.15 bits per heavy atom. The molecule has 12 nitrogen and oxygen atoms in total. The van der Waals surface area contributed by atoms with Gasteiger partial charge < -0.3 is 30.0 Å². The fourth-order valence-electron chi connectivity index (χ4n) is 5.70. The van der Waals surface area contributed by atoms with Gasteiger partial charge in [-0.25, -0.2) is 14.2 Å². The van der Waals surface area contributed by atoms with Crippen molar-refractivity contribution in [3.05, 3.63) is 91.5 Å². The van der Waals surface area contributed by atoms with Crippen LogP contribution in [0.4, 0.5) is 10.1 Å². The number of rotatable bonds is 8. The number of halogens is 2. The highest BCUT2D eigenvalue weighted by Gasteiger charge is 2.32. The third kappa shape index (κ3) is 5.63. The summed E-state index contributed by atoms with van der Waals surface area (Å²) in [5.74, 6) is -0.560. The van der Waals surface area contributed by atoms with E-state index in [1.807, 2.05) is 0 Å². The molecule has 2 aliphatic heterocycles. The SMILES string of the molecule is COc1nc(-c2cccc(-c3cccc(NC(=O)c4cn(C)c(=O)n(C)c4=O)c3Cl)c2F)cc2c1C(NCC1CCC(=O)N1)CO2. The van der Waals surface area contributed by atoms with E-state index in [9.17, 15) is 19.2 Å². The zero-order chi connectivity index (χ0) is 32.7. The first-order valence-corrected chi connectivity index (χ1v) is 14.9. The molecule has 2 aromatic heterocycles. The van der Waals surface area contributed by atoms with Gasteiger partial charge in [-0.3, -0.25) is 19.0 Å². The molecule has 4 aromatic rings. The maximum Gasteiger partial charge on any atom is 0.330 e. The molecule has 6 rings (SSSR count).